The van der Waals surface area contributed by atoms with Gasteiger partial charge in [0.25, 0.3) is 5.91 Å². The molecule has 1 amide bonds. The van der Waals surface area contributed by atoms with Crippen LogP contribution in [0.2, 0.25) is 0 Å². The molecule has 0 bridgehead atoms. The molecule has 5 heteroatoms. The van der Waals surface area contributed by atoms with Crippen molar-refractivity contribution in [2.45, 2.75) is 18.9 Å². The van der Waals surface area contributed by atoms with Crippen molar-refractivity contribution in [1.82, 2.24) is 10.2 Å². The Morgan fingerprint density at radius 2 is 1.85 bits per heavy atom. The van der Waals surface area contributed by atoms with E-state index >= 15 is 0 Å². The molecule has 0 aliphatic carbocycles. The Labute approximate surface area is 154 Å². The number of carbonyl (C=O) groups is 1. The van der Waals surface area contributed by atoms with E-state index in [0.717, 1.165) is 24.4 Å². The molecule has 1 aliphatic rings. The van der Waals surface area contributed by atoms with Gasteiger partial charge in [0.1, 0.15) is 11.5 Å². The standard InChI is InChI=1S/C21H26N2O3/c1-25-17-9-7-8-16(14-17)21(24)22-15-19(23-12-5-6-13-23)18-10-3-4-11-20(18)26-2/h3-4,7-11,14,19H,5-6,12-13,15H2,1-2H3,(H,22,24). The summed E-state index contributed by atoms with van der Waals surface area (Å²) in [4.78, 5) is 15.0. The Hall–Kier alpha value is -2.53. The number of benzene rings is 2. The molecule has 1 aliphatic heterocycles. The van der Waals surface area contributed by atoms with E-state index in [1.165, 1.54) is 12.8 Å². The lowest BCUT2D eigenvalue weighted by molar-refractivity contribution is 0.0937. The average Bonchev–Trinajstić information content (AvgIpc) is 3.23. The molecule has 1 atom stereocenters. The highest BCUT2D eigenvalue weighted by atomic mass is 16.5. The van der Waals surface area contributed by atoms with Gasteiger partial charge in [-0.25, -0.2) is 0 Å². The number of amides is 1. The third-order valence-electron chi connectivity index (χ3n) is 4.87. The van der Waals surface area contributed by atoms with Crippen molar-refractivity contribution in [2.24, 2.45) is 0 Å². The summed E-state index contributed by atoms with van der Waals surface area (Å²) in [5, 5.41) is 3.09. The monoisotopic (exact) mass is 354 g/mol. The lowest BCUT2D eigenvalue weighted by Gasteiger charge is -2.29. The van der Waals surface area contributed by atoms with Crippen molar-refractivity contribution >= 4 is 5.91 Å². The summed E-state index contributed by atoms with van der Waals surface area (Å²) in [6, 6.07) is 15.4. The fraction of sp³-hybridized carbons (Fsp3) is 0.381. The maximum atomic E-state index is 12.6. The van der Waals surface area contributed by atoms with Gasteiger partial charge in [0.2, 0.25) is 0 Å². The molecule has 26 heavy (non-hydrogen) atoms. The first-order valence-corrected chi connectivity index (χ1v) is 9.02. The van der Waals surface area contributed by atoms with E-state index in [-0.39, 0.29) is 11.9 Å². The molecule has 1 N–H and O–H groups in total. The molecule has 1 saturated heterocycles. The van der Waals surface area contributed by atoms with Gasteiger partial charge >= 0.3 is 0 Å². The van der Waals surface area contributed by atoms with E-state index in [4.69, 9.17) is 9.47 Å². The lowest BCUT2D eigenvalue weighted by atomic mass is 10.0. The van der Waals surface area contributed by atoms with Crippen LogP contribution < -0.4 is 14.8 Å². The summed E-state index contributed by atoms with van der Waals surface area (Å²) in [6.07, 6.45) is 2.38. The number of para-hydroxylation sites is 1. The minimum Gasteiger partial charge on any atom is -0.497 e. The smallest absolute Gasteiger partial charge is 0.251 e. The van der Waals surface area contributed by atoms with Gasteiger partial charge < -0.3 is 14.8 Å². The number of carbonyl (C=O) groups excluding carboxylic acids is 1. The normalized spacial score (nSPS) is 15.5. The van der Waals surface area contributed by atoms with Crippen molar-refractivity contribution in [2.75, 3.05) is 33.9 Å². The molecule has 2 aromatic rings. The van der Waals surface area contributed by atoms with E-state index in [2.05, 4.69) is 16.3 Å². The minimum atomic E-state index is -0.0944. The largest absolute Gasteiger partial charge is 0.497 e. The van der Waals surface area contributed by atoms with Gasteiger partial charge in [-0.05, 0) is 50.2 Å². The van der Waals surface area contributed by atoms with Gasteiger partial charge in [0, 0.05) is 17.7 Å². The molecular formula is C21H26N2O3. The molecule has 1 fully saturated rings. The number of rotatable bonds is 7. The Bertz CT molecular complexity index is 742. The second kappa shape index (κ2) is 8.72. The first kappa shape index (κ1) is 18.3. The minimum absolute atomic E-state index is 0.0944. The van der Waals surface area contributed by atoms with Gasteiger partial charge in [0.05, 0.1) is 20.3 Å². The summed E-state index contributed by atoms with van der Waals surface area (Å²) < 4.78 is 10.8. The Morgan fingerprint density at radius 1 is 1.08 bits per heavy atom. The molecule has 2 aromatic carbocycles. The van der Waals surface area contributed by atoms with Crippen LogP contribution in [0.25, 0.3) is 0 Å². The highest BCUT2D eigenvalue weighted by molar-refractivity contribution is 5.94. The highest BCUT2D eigenvalue weighted by Crippen LogP contribution is 2.31. The second-order valence-electron chi connectivity index (χ2n) is 6.44. The summed E-state index contributed by atoms with van der Waals surface area (Å²) in [7, 11) is 3.29. The average molecular weight is 354 g/mol. The molecule has 0 saturated carbocycles. The van der Waals surface area contributed by atoms with Gasteiger partial charge in [0.15, 0.2) is 0 Å². The zero-order valence-corrected chi connectivity index (χ0v) is 15.4. The molecule has 0 radical (unpaired) electrons. The zero-order valence-electron chi connectivity index (χ0n) is 15.4. The van der Waals surface area contributed by atoms with Crippen LogP contribution in [0, 0.1) is 0 Å². The number of likely N-dealkylation sites (tertiary alicyclic amines) is 1. The molecule has 0 spiro atoms. The lowest BCUT2D eigenvalue weighted by Crippen LogP contribution is -2.37. The van der Waals surface area contributed by atoms with Crippen molar-refractivity contribution in [3.8, 4) is 11.5 Å². The number of hydrogen-bond donors (Lipinski definition) is 1. The van der Waals surface area contributed by atoms with Crippen LogP contribution >= 0.6 is 0 Å². The number of nitrogens with one attached hydrogen (secondary N) is 1. The maximum absolute atomic E-state index is 12.6. The van der Waals surface area contributed by atoms with E-state index in [9.17, 15) is 4.79 Å². The van der Waals surface area contributed by atoms with Gasteiger partial charge in [-0.2, -0.15) is 0 Å². The van der Waals surface area contributed by atoms with Crippen LogP contribution in [0.5, 0.6) is 11.5 Å². The van der Waals surface area contributed by atoms with Crippen LogP contribution in [0.1, 0.15) is 34.8 Å². The molecule has 3 rings (SSSR count). The number of hydrogen-bond acceptors (Lipinski definition) is 4. The van der Waals surface area contributed by atoms with E-state index in [1.807, 2.05) is 30.3 Å². The number of nitrogens with zero attached hydrogens (tertiary/aromatic N) is 1. The maximum Gasteiger partial charge on any atom is 0.251 e. The molecule has 1 unspecified atom stereocenters. The number of ether oxygens (including phenoxy) is 2. The topological polar surface area (TPSA) is 50.8 Å². The molecule has 5 nitrogen and oxygen atoms in total. The van der Waals surface area contributed by atoms with Crippen molar-refractivity contribution in [3.63, 3.8) is 0 Å². The van der Waals surface area contributed by atoms with Crippen LogP contribution in [-0.4, -0.2) is 44.7 Å². The molecule has 1 heterocycles. The van der Waals surface area contributed by atoms with Crippen molar-refractivity contribution < 1.29 is 14.3 Å². The zero-order chi connectivity index (χ0) is 18.4. The third kappa shape index (κ3) is 4.17. The fourth-order valence-electron chi connectivity index (χ4n) is 3.49. The van der Waals surface area contributed by atoms with Crippen LogP contribution in [-0.2, 0) is 0 Å². The van der Waals surface area contributed by atoms with Crippen molar-refractivity contribution in [1.29, 1.82) is 0 Å². The second-order valence-corrected chi connectivity index (χ2v) is 6.44. The van der Waals surface area contributed by atoms with Crippen LogP contribution in [0.15, 0.2) is 48.5 Å². The quantitative estimate of drug-likeness (QED) is 0.829. The molecule has 0 aromatic heterocycles. The predicted octanol–water partition coefficient (Wildman–Crippen LogP) is 3.27. The SMILES string of the molecule is COc1cccc(C(=O)NCC(c2ccccc2OC)N2CCCC2)c1. The van der Waals surface area contributed by atoms with Crippen LogP contribution in [0.4, 0.5) is 0 Å². The van der Waals surface area contributed by atoms with E-state index < -0.39 is 0 Å². The first-order chi connectivity index (χ1) is 12.7. The molecular weight excluding hydrogens is 328 g/mol. The summed E-state index contributed by atoms with van der Waals surface area (Å²) in [5.74, 6) is 1.45. The predicted molar refractivity (Wildman–Crippen MR) is 102 cm³/mol. The Kier molecular flexibility index (Phi) is 6.12. The summed E-state index contributed by atoms with van der Waals surface area (Å²) >= 11 is 0. The Morgan fingerprint density at radius 3 is 2.58 bits per heavy atom. The first-order valence-electron chi connectivity index (χ1n) is 9.02. The Balaban J connectivity index is 1.76. The molecule has 138 valence electrons. The van der Waals surface area contributed by atoms with Gasteiger partial charge in [-0.15, -0.1) is 0 Å². The fourth-order valence-corrected chi connectivity index (χ4v) is 3.49. The van der Waals surface area contributed by atoms with Crippen molar-refractivity contribution in [3.05, 3.63) is 59.7 Å². The highest BCUT2D eigenvalue weighted by Gasteiger charge is 2.26. The summed E-state index contributed by atoms with van der Waals surface area (Å²) in [6.45, 7) is 2.62. The van der Waals surface area contributed by atoms with Crippen LogP contribution in [0.3, 0.4) is 0 Å². The van der Waals surface area contributed by atoms with E-state index in [0.29, 0.717) is 17.9 Å². The van der Waals surface area contributed by atoms with E-state index in [1.54, 1.807) is 26.4 Å². The summed E-state index contributed by atoms with van der Waals surface area (Å²) in [5.41, 5.74) is 1.72. The third-order valence-corrected chi connectivity index (χ3v) is 4.87. The van der Waals surface area contributed by atoms with Gasteiger partial charge in [-0.3, -0.25) is 9.69 Å². The van der Waals surface area contributed by atoms with Gasteiger partial charge in [-0.1, -0.05) is 24.3 Å². The number of methoxy groups -OCH3 is 2.